The highest BCUT2D eigenvalue weighted by atomic mass is 32.1. The molecular formula is C22H22N4O3S. The molecule has 0 aliphatic rings. The molecule has 0 saturated heterocycles. The normalized spacial score (nSPS) is 12.0. The third-order valence-corrected chi connectivity index (χ3v) is 5.04. The number of hydrogen-bond acceptors (Lipinski definition) is 6. The Morgan fingerprint density at radius 3 is 2.67 bits per heavy atom. The lowest BCUT2D eigenvalue weighted by Crippen LogP contribution is -2.15. The summed E-state index contributed by atoms with van der Waals surface area (Å²) >= 11 is 5.37. The molecule has 1 atom stereocenters. The largest absolute Gasteiger partial charge is 0.496 e. The van der Waals surface area contributed by atoms with Gasteiger partial charge in [0.05, 0.1) is 25.3 Å². The summed E-state index contributed by atoms with van der Waals surface area (Å²) in [5, 5.41) is 16.8. The summed E-state index contributed by atoms with van der Waals surface area (Å²) < 4.78 is 13.6. The molecule has 3 N–H and O–H groups in total. The number of para-hydroxylation sites is 1. The highest BCUT2D eigenvalue weighted by molar-refractivity contribution is 7.71. The fourth-order valence-electron chi connectivity index (χ4n) is 3.16. The van der Waals surface area contributed by atoms with Gasteiger partial charge in [-0.15, -0.1) is 0 Å². The van der Waals surface area contributed by atoms with Gasteiger partial charge in [-0.2, -0.15) is 5.10 Å². The van der Waals surface area contributed by atoms with Crippen LogP contribution >= 0.6 is 12.2 Å². The lowest BCUT2D eigenvalue weighted by atomic mass is 10.1. The van der Waals surface area contributed by atoms with Crippen molar-refractivity contribution in [1.29, 1.82) is 0 Å². The van der Waals surface area contributed by atoms with Crippen LogP contribution in [0.2, 0.25) is 0 Å². The number of nitrogens with one attached hydrogen (secondary N) is 2. The quantitative estimate of drug-likeness (QED) is 0.375. The van der Waals surface area contributed by atoms with Gasteiger partial charge in [0.1, 0.15) is 17.3 Å². The molecule has 8 heteroatoms. The monoisotopic (exact) mass is 422 g/mol. The van der Waals surface area contributed by atoms with Gasteiger partial charge in [-0.3, -0.25) is 0 Å². The Balaban J connectivity index is 1.53. The molecule has 2 aromatic carbocycles. The van der Waals surface area contributed by atoms with E-state index in [0.717, 1.165) is 28.2 Å². The van der Waals surface area contributed by atoms with Crippen molar-refractivity contribution in [2.24, 2.45) is 0 Å². The maximum absolute atomic E-state index is 9.65. The first-order valence-corrected chi connectivity index (χ1v) is 9.89. The van der Waals surface area contributed by atoms with Crippen molar-refractivity contribution < 1.29 is 14.3 Å². The van der Waals surface area contributed by atoms with Crippen LogP contribution in [-0.2, 0) is 6.54 Å². The third-order valence-electron chi connectivity index (χ3n) is 4.77. The van der Waals surface area contributed by atoms with E-state index in [0.29, 0.717) is 22.9 Å². The summed E-state index contributed by atoms with van der Waals surface area (Å²) in [6.07, 6.45) is -0.493. The zero-order valence-electron chi connectivity index (χ0n) is 16.6. The number of aromatic nitrogens is 3. The minimum absolute atomic E-state index is 0.418. The maximum Gasteiger partial charge on any atom is 0.214 e. The standard InChI is InChI=1S/C22H22N4O3S/c1-14(27)15-7-9-16(10-8-15)19-12-11-17(29-19)13-23-26-21(24-25-22(26)30)18-5-3-4-6-20(18)28-2/h3-12,14,23,27H,13H2,1-2H3,(H,25,30)/t14-/m0/s1. The topological polar surface area (TPSA) is 88.2 Å². The highest BCUT2D eigenvalue weighted by Crippen LogP contribution is 2.28. The molecule has 0 radical (unpaired) electrons. The van der Waals surface area contributed by atoms with Gasteiger partial charge in [-0.25, -0.2) is 9.77 Å². The van der Waals surface area contributed by atoms with Crippen LogP contribution in [0, 0.1) is 4.77 Å². The molecular weight excluding hydrogens is 400 g/mol. The predicted octanol–water partition coefficient (Wildman–Crippen LogP) is 4.67. The van der Waals surface area contributed by atoms with E-state index in [4.69, 9.17) is 21.4 Å². The van der Waals surface area contributed by atoms with Gasteiger partial charge in [0, 0.05) is 5.56 Å². The van der Waals surface area contributed by atoms with Gasteiger partial charge in [0.15, 0.2) is 5.82 Å². The number of hydrogen-bond donors (Lipinski definition) is 3. The maximum atomic E-state index is 9.65. The van der Waals surface area contributed by atoms with E-state index in [2.05, 4.69) is 15.6 Å². The second-order valence-corrected chi connectivity index (χ2v) is 7.17. The number of methoxy groups -OCH3 is 1. The molecule has 0 amide bonds. The first-order chi connectivity index (χ1) is 14.6. The predicted molar refractivity (Wildman–Crippen MR) is 117 cm³/mol. The molecule has 0 bridgehead atoms. The minimum atomic E-state index is -0.493. The van der Waals surface area contributed by atoms with E-state index < -0.39 is 6.10 Å². The second-order valence-electron chi connectivity index (χ2n) is 6.79. The molecule has 2 aromatic heterocycles. The number of benzene rings is 2. The summed E-state index contributed by atoms with van der Waals surface area (Å²) in [6.45, 7) is 2.16. The van der Waals surface area contributed by atoms with Crippen molar-refractivity contribution in [3.8, 4) is 28.5 Å². The van der Waals surface area contributed by atoms with Crippen molar-refractivity contribution in [3.63, 3.8) is 0 Å². The molecule has 30 heavy (non-hydrogen) atoms. The van der Waals surface area contributed by atoms with Crippen LogP contribution < -0.4 is 10.2 Å². The van der Waals surface area contributed by atoms with Crippen molar-refractivity contribution in [2.75, 3.05) is 12.5 Å². The molecule has 0 aliphatic carbocycles. The molecule has 0 unspecified atom stereocenters. The van der Waals surface area contributed by atoms with Crippen molar-refractivity contribution in [3.05, 3.63) is 76.8 Å². The van der Waals surface area contributed by atoms with E-state index in [1.165, 1.54) is 0 Å². The Morgan fingerprint density at radius 2 is 1.93 bits per heavy atom. The minimum Gasteiger partial charge on any atom is -0.496 e. The third kappa shape index (κ3) is 4.00. The summed E-state index contributed by atoms with van der Waals surface area (Å²) in [4.78, 5) is 0. The fourth-order valence-corrected chi connectivity index (χ4v) is 3.36. The van der Waals surface area contributed by atoms with E-state index in [1.807, 2.05) is 60.7 Å². The van der Waals surface area contributed by atoms with Crippen LogP contribution in [-0.4, -0.2) is 27.1 Å². The van der Waals surface area contributed by atoms with E-state index >= 15 is 0 Å². The smallest absolute Gasteiger partial charge is 0.214 e. The lowest BCUT2D eigenvalue weighted by molar-refractivity contribution is 0.199. The molecule has 154 valence electrons. The SMILES string of the molecule is COc1ccccc1-c1n[nH]c(=S)n1NCc1ccc(-c2ccc([C@H](C)O)cc2)o1. The zero-order chi connectivity index (χ0) is 21.1. The average molecular weight is 423 g/mol. The Bertz CT molecular complexity index is 1190. The molecule has 4 rings (SSSR count). The fraction of sp³-hybridized carbons (Fsp3) is 0.182. The summed E-state index contributed by atoms with van der Waals surface area (Å²) in [7, 11) is 1.62. The Hall–Kier alpha value is -3.36. The van der Waals surface area contributed by atoms with E-state index in [9.17, 15) is 5.11 Å². The molecule has 0 spiro atoms. The number of rotatable bonds is 7. The number of aliphatic hydroxyl groups is 1. The second kappa shape index (κ2) is 8.56. The highest BCUT2D eigenvalue weighted by Gasteiger charge is 2.14. The number of ether oxygens (including phenoxy) is 1. The Morgan fingerprint density at radius 1 is 1.17 bits per heavy atom. The molecule has 0 aliphatic heterocycles. The summed E-state index contributed by atoms with van der Waals surface area (Å²) in [6, 6.07) is 19.1. The molecule has 4 aromatic rings. The van der Waals surface area contributed by atoms with Crippen LogP contribution in [0.25, 0.3) is 22.7 Å². The van der Waals surface area contributed by atoms with Gasteiger partial charge in [-0.1, -0.05) is 36.4 Å². The van der Waals surface area contributed by atoms with E-state index in [1.54, 1.807) is 18.7 Å². The summed E-state index contributed by atoms with van der Waals surface area (Å²) in [5.74, 6) is 2.83. The van der Waals surface area contributed by atoms with Gasteiger partial charge >= 0.3 is 0 Å². The zero-order valence-corrected chi connectivity index (χ0v) is 17.4. The van der Waals surface area contributed by atoms with Gasteiger partial charge in [0.25, 0.3) is 0 Å². The van der Waals surface area contributed by atoms with Gasteiger partial charge < -0.3 is 19.7 Å². The number of aliphatic hydroxyl groups excluding tert-OH is 1. The molecule has 0 fully saturated rings. The van der Waals surface area contributed by atoms with Crippen molar-refractivity contribution >= 4 is 12.2 Å². The molecule has 2 heterocycles. The Labute approximate surface area is 178 Å². The van der Waals surface area contributed by atoms with Crippen molar-refractivity contribution in [2.45, 2.75) is 19.6 Å². The number of aromatic amines is 1. The first-order valence-electron chi connectivity index (χ1n) is 9.48. The van der Waals surface area contributed by atoms with Crippen molar-refractivity contribution in [1.82, 2.24) is 14.9 Å². The van der Waals surface area contributed by atoms with Crippen LogP contribution in [0.5, 0.6) is 5.75 Å². The van der Waals surface area contributed by atoms with Crippen LogP contribution in [0.1, 0.15) is 24.4 Å². The van der Waals surface area contributed by atoms with Crippen LogP contribution in [0.3, 0.4) is 0 Å². The summed E-state index contributed by atoms with van der Waals surface area (Å²) in [5.41, 5.74) is 5.88. The number of furan rings is 1. The average Bonchev–Trinajstić information content (AvgIpc) is 3.39. The first kappa shape index (κ1) is 19.9. The Kier molecular flexibility index (Phi) is 5.69. The lowest BCUT2D eigenvalue weighted by Gasteiger charge is -2.11. The van der Waals surface area contributed by atoms with Crippen LogP contribution in [0.4, 0.5) is 0 Å². The number of H-pyrrole nitrogens is 1. The molecule has 7 nitrogen and oxygen atoms in total. The van der Waals surface area contributed by atoms with Gasteiger partial charge in [-0.05, 0) is 49.0 Å². The van der Waals surface area contributed by atoms with Gasteiger partial charge in [0.2, 0.25) is 4.77 Å². The van der Waals surface area contributed by atoms with Crippen LogP contribution in [0.15, 0.2) is 65.1 Å². The molecule has 0 saturated carbocycles. The van der Waals surface area contributed by atoms with E-state index in [-0.39, 0.29) is 0 Å². The number of nitrogens with zero attached hydrogens (tertiary/aromatic N) is 2.